The first-order chi connectivity index (χ1) is 8.15. The van der Waals surface area contributed by atoms with Gasteiger partial charge in [0.05, 0.1) is 6.20 Å². The summed E-state index contributed by atoms with van der Waals surface area (Å²) in [5, 5.41) is 3.29. The number of rotatable bonds is 6. The van der Waals surface area contributed by atoms with Gasteiger partial charge in [-0.25, -0.2) is 4.98 Å². The summed E-state index contributed by atoms with van der Waals surface area (Å²) in [6.45, 7) is 4.08. The van der Waals surface area contributed by atoms with Crippen LogP contribution >= 0.6 is 11.6 Å². The molecular formula is C12H17ClN2O2. The van der Waals surface area contributed by atoms with Crippen LogP contribution in [0.4, 0.5) is 0 Å². The van der Waals surface area contributed by atoms with Crippen molar-refractivity contribution < 1.29 is 9.53 Å². The number of ether oxygens (including phenoxy) is 1. The molecular weight excluding hydrogens is 240 g/mol. The summed E-state index contributed by atoms with van der Waals surface area (Å²) >= 11 is 5.63. The van der Waals surface area contributed by atoms with Crippen LogP contribution in [0.3, 0.4) is 0 Å². The number of hydrogen-bond donors (Lipinski definition) is 1. The van der Waals surface area contributed by atoms with Crippen molar-refractivity contribution in [3.63, 3.8) is 0 Å². The number of hydrogen-bond acceptors (Lipinski definition) is 3. The van der Waals surface area contributed by atoms with Gasteiger partial charge >= 0.3 is 0 Å². The van der Waals surface area contributed by atoms with E-state index in [1.54, 1.807) is 12.1 Å². The third-order valence-electron chi connectivity index (χ3n) is 2.42. The van der Waals surface area contributed by atoms with E-state index in [0.29, 0.717) is 10.9 Å². The number of amides is 1. The molecule has 0 fully saturated rings. The number of halogens is 1. The molecule has 17 heavy (non-hydrogen) atoms. The minimum absolute atomic E-state index is 0.000186. The largest absolute Gasteiger partial charge is 0.482 e. The molecule has 0 aromatic carbocycles. The molecule has 1 rings (SSSR count). The molecule has 94 valence electrons. The van der Waals surface area contributed by atoms with Crippen molar-refractivity contribution in [2.24, 2.45) is 0 Å². The number of aromatic nitrogens is 1. The molecule has 0 aliphatic heterocycles. The molecule has 1 heterocycles. The summed E-state index contributed by atoms with van der Waals surface area (Å²) in [6.07, 6.45) is 3.34. The Morgan fingerprint density at radius 2 is 2.18 bits per heavy atom. The second-order valence-electron chi connectivity index (χ2n) is 3.69. The first-order valence-corrected chi connectivity index (χ1v) is 6.07. The summed E-state index contributed by atoms with van der Waals surface area (Å²) < 4.78 is 5.28. The van der Waals surface area contributed by atoms with E-state index in [0.717, 1.165) is 12.8 Å². The van der Waals surface area contributed by atoms with E-state index in [4.69, 9.17) is 16.3 Å². The SMILES string of the molecule is CCC(CC)NC(=O)COc1ccc(Cl)nc1. The Labute approximate surface area is 106 Å². The van der Waals surface area contributed by atoms with Gasteiger partial charge in [-0.15, -0.1) is 0 Å². The van der Waals surface area contributed by atoms with E-state index in [-0.39, 0.29) is 18.6 Å². The number of nitrogens with zero attached hydrogens (tertiary/aromatic N) is 1. The van der Waals surface area contributed by atoms with Crippen LogP contribution in [0.1, 0.15) is 26.7 Å². The third kappa shape index (κ3) is 5.04. The fourth-order valence-electron chi connectivity index (χ4n) is 1.36. The van der Waals surface area contributed by atoms with E-state index in [1.807, 2.05) is 13.8 Å². The average Bonchev–Trinajstić information content (AvgIpc) is 2.35. The third-order valence-corrected chi connectivity index (χ3v) is 2.64. The predicted molar refractivity (Wildman–Crippen MR) is 67.3 cm³/mol. The molecule has 0 bridgehead atoms. The molecule has 0 aliphatic carbocycles. The van der Waals surface area contributed by atoms with Crippen molar-refractivity contribution in [3.05, 3.63) is 23.5 Å². The van der Waals surface area contributed by atoms with Crippen LogP contribution in [0.5, 0.6) is 5.75 Å². The lowest BCUT2D eigenvalue weighted by Crippen LogP contribution is -2.37. The highest BCUT2D eigenvalue weighted by Gasteiger charge is 2.08. The van der Waals surface area contributed by atoms with Crippen molar-refractivity contribution >= 4 is 17.5 Å². The van der Waals surface area contributed by atoms with Crippen molar-refractivity contribution in [1.29, 1.82) is 0 Å². The van der Waals surface area contributed by atoms with Crippen molar-refractivity contribution in [1.82, 2.24) is 10.3 Å². The number of nitrogens with one attached hydrogen (secondary N) is 1. The molecule has 1 N–H and O–H groups in total. The Bertz CT molecular complexity index is 350. The molecule has 1 aromatic heterocycles. The Kier molecular flexibility index (Phi) is 5.77. The van der Waals surface area contributed by atoms with Crippen LogP contribution in [0, 0.1) is 0 Å². The second kappa shape index (κ2) is 7.12. The standard InChI is InChI=1S/C12H17ClN2O2/c1-3-9(4-2)15-12(16)8-17-10-5-6-11(13)14-7-10/h5-7,9H,3-4,8H2,1-2H3,(H,15,16). The predicted octanol–water partition coefficient (Wildman–Crippen LogP) is 2.42. The Balaban J connectivity index is 2.35. The van der Waals surface area contributed by atoms with Gasteiger partial charge in [0.15, 0.2) is 6.61 Å². The van der Waals surface area contributed by atoms with Gasteiger partial charge in [-0.05, 0) is 25.0 Å². The Morgan fingerprint density at radius 3 is 2.71 bits per heavy atom. The van der Waals surface area contributed by atoms with E-state index in [1.165, 1.54) is 6.20 Å². The van der Waals surface area contributed by atoms with Crippen LogP contribution in [0.25, 0.3) is 0 Å². The summed E-state index contributed by atoms with van der Waals surface area (Å²) in [6, 6.07) is 3.52. The average molecular weight is 257 g/mol. The van der Waals surface area contributed by atoms with Gasteiger partial charge < -0.3 is 10.1 Å². The number of carbonyl (C=O) groups is 1. The van der Waals surface area contributed by atoms with Crippen molar-refractivity contribution in [3.8, 4) is 5.75 Å². The highest BCUT2D eigenvalue weighted by Crippen LogP contribution is 2.11. The van der Waals surface area contributed by atoms with Crippen molar-refractivity contribution in [2.45, 2.75) is 32.7 Å². The highest BCUT2D eigenvalue weighted by molar-refractivity contribution is 6.29. The van der Waals surface area contributed by atoms with Crippen LogP contribution in [-0.2, 0) is 4.79 Å². The summed E-state index contributed by atoms with van der Waals surface area (Å²) in [4.78, 5) is 15.4. The summed E-state index contributed by atoms with van der Waals surface area (Å²) in [5.74, 6) is 0.419. The molecule has 1 aromatic rings. The smallest absolute Gasteiger partial charge is 0.258 e. The Morgan fingerprint density at radius 1 is 1.47 bits per heavy atom. The van der Waals surface area contributed by atoms with Crippen LogP contribution in [0.2, 0.25) is 5.15 Å². The number of carbonyl (C=O) groups excluding carboxylic acids is 1. The van der Waals surface area contributed by atoms with Gasteiger partial charge in [-0.3, -0.25) is 4.79 Å². The fourth-order valence-corrected chi connectivity index (χ4v) is 1.47. The molecule has 1 amide bonds. The molecule has 0 saturated carbocycles. The van der Waals surface area contributed by atoms with E-state index >= 15 is 0 Å². The molecule has 0 atom stereocenters. The lowest BCUT2D eigenvalue weighted by molar-refractivity contribution is -0.123. The zero-order chi connectivity index (χ0) is 12.7. The van der Waals surface area contributed by atoms with Gasteiger partial charge in [-0.1, -0.05) is 25.4 Å². The van der Waals surface area contributed by atoms with E-state index < -0.39 is 0 Å². The quantitative estimate of drug-likeness (QED) is 0.796. The normalized spacial score (nSPS) is 10.4. The zero-order valence-electron chi connectivity index (χ0n) is 10.1. The van der Waals surface area contributed by atoms with Gasteiger partial charge in [0.1, 0.15) is 10.9 Å². The monoisotopic (exact) mass is 256 g/mol. The first kappa shape index (κ1) is 13.8. The van der Waals surface area contributed by atoms with E-state index in [2.05, 4.69) is 10.3 Å². The van der Waals surface area contributed by atoms with Crippen LogP contribution < -0.4 is 10.1 Å². The first-order valence-electron chi connectivity index (χ1n) is 5.69. The highest BCUT2D eigenvalue weighted by atomic mass is 35.5. The number of pyridine rings is 1. The van der Waals surface area contributed by atoms with E-state index in [9.17, 15) is 4.79 Å². The maximum Gasteiger partial charge on any atom is 0.258 e. The molecule has 0 spiro atoms. The lowest BCUT2D eigenvalue weighted by atomic mass is 10.2. The molecule has 0 radical (unpaired) electrons. The molecule has 4 nitrogen and oxygen atoms in total. The maximum atomic E-state index is 11.5. The second-order valence-corrected chi connectivity index (χ2v) is 4.07. The topological polar surface area (TPSA) is 51.2 Å². The molecule has 0 aliphatic rings. The molecule has 5 heteroatoms. The molecule has 0 saturated heterocycles. The van der Waals surface area contributed by atoms with Gasteiger partial charge in [0.2, 0.25) is 0 Å². The fraction of sp³-hybridized carbons (Fsp3) is 0.500. The zero-order valence-corrected chi connectivity index (χ0v) is 10.8. The van der Waals surface area contributed by atoms with Gasteiger partial charge in [-0.2, -0.15) is 0 Å². The minimum atomic E-state index is -0.117. The van der Waals surface area contributed by atoms with Crippen LogP contribution in [0.15, 0.2) is 18.3 Å². The Hall–Kier alpha value is -1.29. The minimum Gasteiger partial charge on any atom is -0.482 e. The lowest BCUT2D eigenvalue weighted by Gasteiger charge is -2.14. The van der Waals surface area contributed by atoms with Crippen molar-refractivity contribution in [2.75, 3.05) is 6.61 Å². The van der Waals surface area contributed by atoms with Gasteiger partial charge in [0.25, 0.3) is 5.91 Å². The summed E-state index contributed by atoms with van der Waals surface area (Å²) in [7, 11) is 0. The maximum absolute atomic E-state index is 11.5. The van der Waals surface area contributed by atoms with Gasteiger partial charge in [0, 0.05) is 6.04 Å². The summed E-state index contributed by atoms with van der Waals surface area (Å²) in [5.41, 5.74) is 0. The molecule has 0 unspecified atom stereocenters. The van der Waals surface area contributed by atoms with Crippen LogP contribution in [-0.4, -0.2) is 23.5 Å².